The SMILES string of the molecule is CCCOCc1cn(CC2O[C@@H](NC(=O)NC(=O)C(C)C)C[C@H]2O)nn1. The van der Waals surface area contributed by atoms with Crippen LogP contribution in [0.1, 0.15) is 39.3 Å². The van der Waals surface area contributed by atoms with Gasteiger partial charge in [-0.15, -0.1) is 5.10 Å². The molecule has 1 unspecified atom stereocenters. The molecule has 26 heavy (non-hydrogen) atoms. The normalized spacial score (nSPS) is 22.6. The number of nitrogens with one attached hydrogen (secondary N) is 2. The highest BCUT2D eigenvalue weighted by Crippen LogP contribution is 2.20. The number of urea groups is 1. The number of amides is 3. The Bertz CT molecular complexity index is 606. The van der Waals surface area contributed by atoms with E-state index in [-0.39, 0.29) is 18.2 Å². The third kappa shape index (κ3) is 6.04. The second-order valence-electron chi connectivity index (χ2n) is 6.57. The van der Waals surface area contributed by atoms with Crippen LogP contribution in [0.25, 0.3) is 0 Å². The van der Waals surface area contributed by atoms with Crippen LogP contribution in [-0.4, -0.2) is 57.1 Å². The Balaban J connectivity index is 1.79. The molecule has 3 atom stereocenters. The van der Waals surface area contributed by atoms with E-state index in [1.165, 1.54) is 0 Å². The first kappa shape index (κ1) is 20.3. The first-order valence-corrected chi connectivity index (χ1v) is 8.80. The third-order valence-corrected chi connectivity index (χ3v) is 3.83. The average molecular weight is 369 g/mol. The Labute approximate surface area is 152 Å². The molecular weight excluding hydrogens is 342 g/mol. The molecule has 0 radical (unpaired) electrons. The van der Waals surface area contributed by atoms with Crippen LogP contribution in [0.15, 0.2) is 6.20 Å². The maximum Gasteiger partial charge on any atom is 0.323 e. The van der Waals surface area contributed by atoms with Gasteiger partial charge in [-0.3, -0.25) is 10.1 Å². The zero-order valence-corrected chi connectivity index (χ0v) is 15.3. The van der Waals surface area contributed by atoms with Crippen molar-refractivity contribution in [2.45, 2.75) is 65.2 Å². The molecule has 1 aliphatic heterocycles. The average Bonchev–Trinajstić information content (AvgIpc) is 3.14. The summed E-state index contributed by atoms with van der Waals surface area (Å²) in [5.41, 5.74) is 0.701. The van der Waals surface area contributed by atoms with E-state index >= 15 is 0 Å². The van der Waals surface area contributed by atoms with Crippen molar-refractivity contribution in [1.82, 2.24) is 25.6 Å². The molecule has 0 bridgehead atoms. The lowest BCUT2D eigenvalue weighted by atomic mass is 10.2. The molecule has 0 aromatic carbocycles. The van der Waals surface area contributed by atoms with Crippen molar-refractivity contribution in [3.63, 3.8) is 0 Å². The number of carbonyl (C=O) groups is 2. The van der Waals surface area contributed by atoms with Crippen LogP contribution >= 0.6 is 0 Å². The number of carbonyl (C=O) groups excluding carboxylic acids is 2. The molecule has 1 aromatic heterocycles. The van der Waals surface area contributed by atoms with Gasteiger partial charge in [0, 0.05) is 18.9 Å². The van der Waals surface area contributed by atoms with Crippen molar-refractivity contribution in [1.29, 1.82) is 0 Å². The van der Waals surface area contributed by atoms with Crippen molar-refractivity contribution in [2.24, 2.45) is 5.92 Å². The Kier molecular flexibility index (Phi) is 7.49. The second kappa shape index (κ2) is 9.60. The maximum atomic E-state index is 11.8. The van der Waals surface area contributed by atoms with Crippen LogP contribution in [0.4, 0.5) is 4.79 Å². The summed E-state index contributed by atoms with van der Waals surface area (Å²) in [5, 5.41) is 22.9. The molecule has 2 heterocycles. The van der Waals surface area contributed by atoms with E-state index in [9.17, 15) is 14.7 Å². The van der Waals surface area contributed by atoms with Gasteiger partial charge in [0.1, 0.15) is 18.0 Å². The van der Waals surface area contributed by atoms with Gasteiger partial charge in [-0.05, 0) is 6.42 Å². The fraction of sp³-hybridized carbons (Fsp3) is 0.750. The number of hydrogen-bond donors (Lipinski definition) is 3. The summed E-state index contributed by atoms with van der Waals surface area (Å²) in [6.07, 6.45) is 0.930. The number of ether oxygens (including phenoxy) is 2. The number of aliphatic hydroxyl groups is 1. The summed E-state index contributed by atoms with van der Waals surface area (Å²) in [4.78, 5) is 23.3. The Hall–Kier alpha value is -2.04. The fourth-order valence-corrected chi connectivity index (χ4v) is 2.42. The highest BCUT2D eigenvalue weighted by molar-refractivity contribution is 5.95. The molecule has 2 rings (SSSR count). The first-order chi connectivity index (χ1) is 12.4. The molecule has 1 aliphatic rings. The number of nitrogens with zero attached hydrogens (tertiary/aromatic N) is 3. The van der Waals surface area contributed by atoms with Gasteiger partial charge in [-0.1, -0.05) is 26.0 Å². The summed E-state index contributed by atoms with van der Waals surface area (Å²) < 4.78 is 12.6. The molecule has 10 nitrogen and oxygen atoms in total. The molecule has 0 spiro atoms. The van der Waals surface area contributed by atoms with Crippen molar-refractivity contribution in [3.8, 4) is 0 Å². The molecule has 1 saturated heterocycles. The second-order valence-corrected chi connectivity index (χ2v) is 6.57. The molecule has 3 amide bonds. The van der Waals surface area contributed by atoms with Crippen molar-refractivity contribution < 1.29 is 24.2 Å². The lowest BCUT2D eigenvalue weighted by molar-refractivity contribution is -0.122. The Morgan fingerprint density at radius 2 is 2.27 bits per heavy atom. The number of aliphatic hydroxyl groups excluding tert-OH is 1. The van der Waals surface area contributed by atoms with Gasteiger partial charge in [0.15, 0.2) is 0 Å². The predicted octanol–water partition coefficient (Wildman–Crippen LogP) is 0.162. The predicted molar refractivity (Wildman–Crippen MR) is 90.8 cm³/mol. The van der Waals surface area contributed by atoms with Gasteiger partial charge < -0.3 is 19.9 Å². The van der Waals surface area contributed by atoms with Crippen LogP contribution in [0.2, 0.25) is 0 Å². The summed E-state index contributed by atoms with van der Waals surface area (Å²) in [7, 11) is 0. The van der Waals surface area contributed by atoms with Crippen LogP contribution in [0.3, 0.4) is 0 Å². The maximum absolute atomic E-state index is 11.8. The van der Waals surface area contributed by atoms with E-state index in [1.54, 1.807) is 24.7 Å². The standard InChI is InChI=1S/C16H27N5O5/c1-4-5-25-9-11-7-21(20-19-11)8-13-12(22)6-14(26-13)17-16(24)18-15(23)10(2)3/h7,10,12-14,22H,4-6,8-9H2,1-3H3,(H2,17,18,23,24)/t12-,13?,14-/m1/s1. The minimum Gasteiger partial charge on any atom is -0.390 e. The number of aromatic nitrogens is 3. The molecular formula is C16H27N5O5. The van der Waals surface area contributed by atoms with Crippen LogP contribution in [0.5, 0.6) is 0 Å². The van der Waals surface area contributed by atoms with Gasteiger partial charge in [-0.25, -0.2) is 9.48 Å². The summed E-state index contributed by atoms with van der Waals surface area (Å²) in [6.45, 7) is 6.75. The largest absolute Gasteiger partial charge is 0.390 e. The molecule has 1 aromatic rings. The van der Waals surface area contributed by atoms with E-state index in [2.05, 4.69) is 20.9 Å². The Morgan fingerprint density at radius 1 is 1.50 bits per heavy atom. The highest BCUT2D eigenvalue weighted by atomic mass is 16.5. The zero-order chi connectivity index (χ0) is 19.1. The van der Waals surface area contributed by atoms with Crippen LogP contribution < -0.4 is 10.6 Å². The quantitative estimate of drug-likeness (QED) is 0.557. The third-order valence-electron chi connectivity index (χ3n) is 3.83. The summed E-state index contributed by atoms with van der Waals surface area (Å²) in [6, 6.07) is -0.641. The van der Waals surface area contributed by atoms with E-state index in [0.717, 1.165) is 6.42 Å². The van der Waals surface area contributed by atoms with Crippen molar-refractivity contribution in [2.75, 3.05) is 6.61 Å². The van der Waals surface area contributed by atoms with E-state index in [4.69, 9.17) is 9.47 Å². The van der Waals surface area contributed by atoms with Crippen molar-refractivity contribution >= 4 is 11.9 Å². The number of hydrogen-bond acceptors (Lipinski definition) is 7. The van der Waals surface area contributed by atoms with Gasteiger partial charge in [0.25, 0.3) is 0 Å². The lowest BCUT2D eigenvalue weighted by Crippen LogP contribution is -2.45. The monoisotopic (exact) mass is 369 g/mol. The van der Waals surface area contributed by atoms with Crippen molar-refractivity contribution in [3.05, 3.63) is 11.9 Å². The van der Waals surface area contributed by atoms with Crippen LogP contribution in [0, 0.1) is 5.92 Å². The van der Waals surface area contributed by atoms with Gasteiger partial charge >= 0.3 is 6.03 Å². The minimum atomic E-state index is -0.759. The van der Waals surface area contributed by atoms with Crippen LogP contribution in [-0.2, 0) is 27.4 Å². The Morgan fingerprint density at radius 3 is 2.96 bits per heavy atom. The number of imide groups is 1. The van der Waals surface area contributed by atoms with Gasteiger partial charge in [-0.2, -0.15) is 0 Å². The molecule has 3 N–H and O–H groups in total. The molecule has 10 heteroatoms. The van der Waals surface area contributed by atoms with Gasteiger partial charge in [0.2, 0.25) is 5.91 Å². The molecule has 146 valence electrons. The first-order valence-electron chi connectivity index (χ1n) is 8.80. The molecule has 0 saturated carbocycles. The minimum absolute atomic E-state index is 0.231. The highest BCUT2D eigenvalue weighted by Gasteiger charge is 2.35. The summed E-state index contributed by atoms with van der Waals surface area (Å²) >= 11 is 0. The fourth-order valence-electron chi connectivity index (χ4n) is 2.42. The summed E-state index contributed by atoms with van der Waals surface area (Å²) in [5.74, 6) is -0.676. The van der Waals surface area contributed by atoms with E-state index in [0.29, 0.717) is 25.5 Å². The molecule has 1 fully saturated rings. The number of rotatable bonds is 8. The zero-order valence-electron chi connectivity index (χ0n) is 15.3. The van der Waals surface area contributed by atoms with E-state index < -0.39 is 24.5 Å². The lowest BCUT2D eigenvalue weighted by Gasteiger charge is -2.15. The topological polar surface area (TPSA) is 128 Å². The molecule has 0 aliphatic carbocycles. The van der Waals surface area contributed by atoms with E-state index in [1.807, 2.05) is 6.92 Å². The smallest absolute Gasteiger partial charge is 0.323 e. The van der Waals surface area contributed by atoms with Gasteiger partial charge in [0.05, 0.1) is 25.5 Å².